The van der Waals surface area contributed by atoms with Crippen LogP contribution in [0.1, 0.15) is 16.7 Å². The Morgan fingerprint density at radius 2 is 1.96 bits per heavy atom. The third kappa shape index (κ3) is 2.81. The molecule has 0 unspecified atom stereocenters. The number of ether oxygens (including phenoxy) is 2. The van der Waals surface area contributed by atoms with Gasteiger partial charge in [0.05, 0.1) is 10.6 Å². The lowest BCUT2D eigenvalue weighted by Crippen LogP contribution is -2.28. The van der Waals surface area contributed by atoms with Crippen LogP contribution in [0.3, 0.4) is 0 Å². The van der Waals surface area contributed by atoms with E-state index in [1.54, 1.807) is 4.90 Å². The normalized spacial score (nSPS) is 17.7. The van der Waals surface area contributed by atoms with Gasteiger partial charge in [-0.15, -0.1) is 0 Å². The lowest BCUT2D eigenvalue weighted by molar-refractivity contribution is -0.113. The molecule has 1 saturated heterocycles. The highest BCUT2D eigenvalue weighted by Crippen LogP contribution is 2.39. The highest BCUT2D eigenvalue weighted by molar-refractivity contribution is 8.27. The lowest BCUT2D eigenvalue weighted by atomic mass is 10.1. The fourth-order valence-corrected chi connectivity index (χ4v) is 4.09. The molecule has 0 radical (unpaired) electrons. The average molecular weight is 369 g/mol. The van der Waals surface area contributed by atoms with Crippen molar-refractivity contribution in [3.8, 4) is 11.5 Å². The second kappa shape index (κ2) is 6.20. The molecular weight excluding hydrogens is 354 g/mol. The molecule has 2 aromatic carbocycles. The molecule has 2 aromatic rings. The van der Waals surface area contributed by atoms with E-state index in [4.69, 9.17) is 21.7 Å². The van der Waals surface area contributed by atoms with Gasteiger partial charge >= 0.3 is 0 Å². The van der Waals surface area contributed by atoms with Crippen LogP contribution in [-0.2, 0) is 4.79 Å². The van der Waals surface area contributed by atoms with E-state index in [0.717, 1.165) is 28.1 Å². The number of thioether (sulfide) groups is 1. The number of hydrogen-bond acceptors (Lipinski definition) is 5. The van der Waals surface area contributed by atoms with Gasteiger partial charge in [0.1, 0.15) is 0 Å². The van der Waals surface area contributed by atoms with Crippen LogP contribution in [0.25, 0.3) is 6.08 Å². The highest BCUT2D eigenvalue weighted by Gasteiger charge is 2.34. The van der Waals surface area contributed by atoms with Crippen LogP contribution < -0.4 is 14.4 Å². The van der Waals surface area contributed by atoms with Crippen LogP contribution in [0.15, 0.2) is 41.3 Å². The molecule has 1 amide bonds. The predicted molar refractivity (Wildman–Crippen MR) is 104 cm³/mol. The SMILES string of the molecule is Cc1cccc(N2C(=O)/C(=C/c3ccc4c(c3)OCO4)SC2=S)c1C. The van der Waals surface area contributed by atoms with Gasteiger partial charge in [-0.25, -0.2) is 0 Å². The third-order valence-electron chi connectivity index (χ3n) is 4.31. The predicted octanol–water partition coefficient (Wildman–Crippen LogP) is 4.44. The highest BCUT2D eigenvalue weighted by atomic mass is 32.2. The summed E-state index contributed by atoms with van der Waals surface area (Å²) in [5.41, 5.74) is 3.91. The molecular formula is C19H15NO3S2. The molecule has 0 N–H and O–H groups in total. The van der Waals surface area contributed by atoms with E-state index in [1.165, 1.54) is 11.8 Å². The number of thiocarbonyl (C=S) groups is 1. The molecule has 4 rings (SSSR count). The van der Waals surface area contributed by atoms with E-state index in [9.17, 15) is 4.79 Å². The molecule has 126 valence electrons. The van der Waals surface area contributed by atoms with E-state index < -0.39 is 0 Å². The number of benzene rings is 2. The van der Waals surface area contributed by atoms with Crippen molar-refractivity contribution in [1.82, 2.24) is 0 Å². The Bertz CT molecular complexity index is 936. The fourth-order valence-electron chi connectivity index (χ4n) is 2.81. The van der Waals surface area contributed by atoms with E-state index in [1.807, 2.05) is 56.3 Å². The third-order valence-corrected chi connectivity index (χ3v) is 5.61. The first-order chi connectivity index (χ1) is 12.0. The molecule has 1 fully saturated rings. The van der Waals surface area contributed by atoms with Crippen LogP contribution in [-0.4, -0.2) is 17.0 Å². The Balaban J connectivity index is 1.68. The Morgan fingerprint density at radius 1 is 1.16 bits per heavy atom. The smallest absolute Gasteiger partial charge is 0.270 e. The van der Waals surface area contributed by atoms with Crippen molar-refractivity contribution in [3.63, 3.8) is 0 Å². The van der Waals surface area contributed by atoms with Crippen LogP contribution in [0.5, 0.6) is 11.5 Å². The minimum Gasteiger partial charge on any atom is -0.454 e. The summed E-state index contributed by atoms with van der Waals surface area (Å²) in [5.74, 6) is 1.32. The molecule has 4 nitrogen and oxygen atoms in total. The molecule has 25 heavy (non-hydrogen) atoms. The van der Waals surface area contributed by atoms with Crippen molar-refractivity contribution in [1.29, 1.82) is 0 Å². The van der Waals surface area contributed by atoms with E-state index in [0.29, 0.717) is 15.0 Å². The Morgan fingerprint density at radius 3 is 2.80 bits per heavy atom. The second-order valence-corrected chi connectivity index (χ2v) is 7.52. The van der Waals surface area contributed by atoms with Crippen LogP contribution >= 0.6 is 24.0 Å². The summed E-state index contributed by atoms with van der Waals surface area (Å²) in [6.45, 7) is 4.26. The first-order valence-electron chi connectivity index (χ1n) is 7.78. The standard InChI is InChI=1S/C19H15NO3S2/c1-11-4-3-5-14(12(11)2)20-18(21)17(25-19(20)24)9-13-6-7-15-16(8-13)23-10-22-15/h3-9H,10H2,1-2H3/b17-9-. The lowest BCUT2D eigenvalue weighted by Gasteiger charge is -2.18. The van der Waals surface area contributed by atoms with Gasteiger partial charge in [-0.1, -0.05) is 42.2 Å². The maximum absolute atomic E-state index is 12.9. The summed E-state index contributed by atoms with van der Waals surface area (Å²) in [5, 5.41) is 0. The summed E-state index contributed by atoms with van der Waals surface area (Å²) in [6.07, 6.45) is 1.84. The first-order valence-corrected chi connectivity index (χ1v) is 9.01. The van der Waals surface area contributed by atoms with Crippen molar-refractivity contribution < 1.29 is 14.3 Å². The minimum atomic E-state index is -0.0960. The number of anilines is 1. The van der Waals surface area contributed by atoms with Crippen LogP contribution in [0, 0.1) is 13.8 Å². The number of aryl methyl sites for hydroxylation is 1. The molecule has 2 aliphatic rings. The molecule has 6 heteroatoms. The Kier molecular flexibility index (Phi) is 4.01. The van der Waals surface area contributed by atoms with E-state index >= 15 is 0 Å². The van der Waals surface area contributed by atoms with Crippen molar-refractivity contribution in [2.75, 3.05) is 11.7 Å². The molecule has 0 aromatic heterocycles. The van der Waals surface area contributed by atoms with Crippen molar-refractivity contribution in [3.05, 3.63) is 58.0 Å². The molecule has 0 spiro atoms. The summed E-state index contributed by atoms with van der Waals surface area (Å²) in [4.78, 5) is 15.1. The average Bonchev–Trinajstić information content (AvgIpc) is 3.15. The zero-order chi connectivity index (χ0) is 17.6. The Hall–Kier alpha value is -2.31. The summed E-state index contributed by atoms with van der Waals surface area (Å²) >= 11 is 6.77. The second-order valence-electron chi connectivity index (χ2n) is 5.85. The van der Waals surface area contributed by atoms with Gasteiger partial charge < -0.3 is 9.47 Å². The molecule has 0 aliphatic carbocycles. The monoisotopic (exact) mass is 369 g/mol. The number of hydrogen-bond donors (Lipinski definition) is 0. The summed E-state index contributed by atoms with van der Waals surface area (Å²) in [6, 6.07) is 11.5. The number of fused-ring (bicyclic) bond motifs is 1. The van der Waals surface area contributed by atoms with E-state index in [2.05, 4.69) is 0 Å². The fraction of sp³-hybridized carbons (Fsp3) is 0.158. The zero-order valence-corrected chi connectivity index (χ0v) is 15.4. The van der Waals surface area contributed by atoms with Gasteiger partial charge in [0.25, 0.3) is 5.91 Å². The number of carbonyl (C=O) groups is 1. The number of rotatable bonds is 2. The Labute approximate surface area is 155 Å². The number of amides is 1. The summed E-state index contributed by atoms with van der Waals surface area (Å²) in [7, 11) is 0. The largest absolute Gasteiger partial charge is 0.454 e. The van der Waals surface area contributed by atoms with Gasteiger partial charge in [-0.2, -0.15) is 0 Å². The van der Waals surface area contributed by atoms with Crippen molar-refractivity contribution >= 4 is 46.0 Å². The van der Waals surface area contributed by atoms with Gasteiger partial charge in [0.2, 0.25) is 6.79 Å². The molecule has 0 atom stereocenters. The number of nitrogens with zero attached hydrogens (tertiary/aromatic N) is 1. The number of carbonyl (C=O) groups excluding carboxylic acids is 1. The van der Waals surface area contributed by atoms with E-state index in [-0.39, 0.29) is 12.7 Å². The van der Waals surface area contributed by atoms with Gasteiger partial charge in [-0.3, -0.25) is 9.69 Å². The van der Waals surface area contributed by atoms with Crippen molar-refractivity contribution in [2.24, 2.45) is 0 Å². The van der Waals surface area contributed by atoms with Gasteiger partial charge in [-0.05, 0) is 54.8 Å². The van der Waals surface area contributed by atoms with Crippen molar-refractivity contribution in [2.45, 2.75) is 13.8 Å². The summed E-state index contributed by atoms with van der Waals surface area (Å²) < 4.78 is 11.3. The van der Waals surface area contributed by atoms with Crippen LogP contribution in [0.4, 0.5) is 5.69 Å². The van der Waals surface area contributed by atoms with Gasteiger partial charge in [0.15, 0.2) is 15.8 Å². The zero-order valence-electron chi connectivity index (χ0n) is 13.7. The molecule has 2 heterocycles. The minimum absolute atomic E-state index is 0.0960. The molecule has 0 saturated carbocycles. The maximum Gasteiger partial charge on any atom is 0.270 e. The first kappa shape index (κ1) is 16.2. The maximum atomic E-state index is 12.9. The topological polar surface area (TPSA) is 38.8 Å². The molecule has 2 aliphatic heterocycles. The van der Waals surface area contributed by atoms with Gasteiger partial charge in [0, 0.05) is 0 Å². The quantitative estimate of drug-likeness (QED) is 0.578. The molecule has 0 bridgehead atoms. The van der Waals surface area contributed by atoms with Crippen LogP contribution in [0.2, 0.25) is 0 Å².